The van der Waals surface area contributed by atoms with Gasteiger partial charge in [-0.1, -0.05) is 20.8 Å². The Labute approximate surface area is 214 Å². The summed E-state index contributed by atoms with van der Waals surface area (Å²) in [6, 6.07) is 0. The summed E-state index contributed by atoms with van der Waals surface area (Å²) in [4.78, 5) is 11.8. The van der Waals surface area contributed by atoms with Gasteiger partial charge in [0.25, 0.3) is 0 Å². The van der Waals surface area contributed by atoms with E-state index in [1.165, 1.54) is 0 Å². The second-order valence-corrected chi connectivity index (χ2v) is 13.5. The van der Waals surface area contributed by atoms with E-state index >= 15 is 0 Å². The Bertz CT molecular complexity index is 919. The number of aliphatic hydroxyl groups is 3. The highest BCUT2D eigenvalue weighted by atomic mass is 16.7. The maximum absolute atomic E-state index is 12.4. The van der Waals surface area contributed by atoms with Gasteiger partial charge in [0, 0.05) is 17.4 Å². The monoisotopic (exact) mass is 504 g/mol. The highest BCUT2D eigenvalue weighted by molar-refractivity contribution is 5.85. The maximum atomic E-state index is 12.4. The van der Waals surface area contributed by atoms with E-state index in [0.29, 0.717) is 31.0 Å². The molecule has 5 fully saturated rings. The molecule has 36 heavy (non-hydrogen) atoms. The summed E-state index contributed by atoms with van der Waals surface area (Å²) in [7, 11) is 0. The summed E-state index contributed by atoms with van der Waals surface area (Å²) in [5.41, 5.74) is 0.357. The standard InChI is InChI=1S/C29H44O7/c1-16-14-35-26(25(32)24(16)31)36-19-6-9-27(2)18(13-19)4-5-22-21(27)7-10-28(3)20(8-11-29(22,28)33)17-12-23(30)34-15-17/h12,16,18-22,24-26,31-33H,4-11,13-15H2,1-3H3/t16-,18?,19-,20+,21?,22?,24-,25?,26+,27-,28+,29-/m0/s1. The van der Waals surface area contributed by atoms with E-state index in [9.17, 15) is 20.1 Å². The molecule has 1 saturated heterocycles. The van der Waals surface area contributed by atoms with Gasteiger partial charge in [0.1, 0.15) is 12.7 Å². The van der Waals surface area contributed by atoms with Crippen molar-refractivity contribution in [2.24, 2.45) is 40.4 Å². The Morgan fingerprint density at radius 3 is 2.56 bits per heavy atom. The summed E-state index contributed by atoms with van der Waals surface area (Å²) in [6.45, 7) is 7.39. The van der Waals surface area contributed by atoms with Crippen LogP contribution in [0.4, 0.5) is 0 Å². The quantitative estimate of drug-likeness (QED) is 0.400. The molecule has 202 valence electrons. The smallest absolute Gasteiger partial charge is 0.331 e. The topological polar surface area (TPSA) is 105 Å². The van der Waals surface area contributed by atoms with Crippen molar-refractivity contribution in [3.8, 4) is 0 Å². The van der Waals surface area contributed by atoms with Gasteiger partial charge in [0.05, 0.1) is 24.4 Å². The van der Waals surface area contributed by atoms with Crippen LogP contribution in [-0.4, -0.2) is 64.7 Å². The molecule has 7 heteroatoms. The lowest BCUT2D eigenvalue weighted by atomic mass is 9.43. The van der Waals surface area contributed by atoms with E-state index in [2.05, 4.69) is 13.8 Å². The molecule has 4 aliphatic carbocycles. The van der Waals surface area contributed by atoms with E-state index in [4.69, 9.17) is 14.2 Å². The Morgan fingerprint density at radius 1 is 1.00 bits per heavy atom. The van der Waals surface area contributed by atoms with Crippen molar-refractivity contribution in [1.29, 1.82) is 0 Å². The fourth-order valence-corrected chi connectivity index (χ4v) is 9.74. The number of aliphatic hydroxyl groups excluding tert-OH is 2. The third-order valence-corrected chi connectivity index (χ3v) is 12.0. The Kier molecular flexibility index (Phi) is 6.16. The third-order valence-electron chi connectivity index (χ3n) is 12.0. The molecule has 6 aliphatic rings. The molecule has 0 bridgehead atoms. The van der Waals surface area contributed by atoms with Crippen LogP contribution in [0.15, 0.2) is 11.6 Å². The van der Waals surface area contributed by atoms with Crippen molar-refractivity contribution in [2.75, 3.05) is 13.2 Å². The molecule has 2 aliphatic heterocycles. The Balaban J connectivity index is 1.16. The molecule has 0 aromatic carbocycles. The fraction of sp³-hybridized carbons (Fsp3) is 0.897. The van der Waals surface area contributed by atoms with Gasteiger partial charge in [-0.25, -0.2) is 4.79 Å². The van der Waals surface area contributed by atoms with E-state index in [1.54, 1.807) is 6.08 Å². The molecule has 4 saturated carbocycles. The van der Waals surface area contributed by atoms with Gasteiger partial charge >= 0.3 is 5.97 Å². The number of carbonyl (C=O) groups is 1. The van der Waals surface area contributed by atoms with Gasteiger partial charge in [-0.15, -0.1) is 0 Å². The van der Waals surface area contributed by atoms with Gasteiger partial charge in [-0.3, -0.25) is 0 Å². The zero-order valence-corrected chi connectivity index (χ0v) is 22.0. The van der Waals surface area contributed by atoms with Crippen molar-refractivity contribution in [1.82, 2.24) is 0 Å². The molecule has 0 aromatic rings. The average molecular weight is 505 g/mol. The lowest BCUT2D eigenvalue weighted by molar-refractivity contribution is -0.281. The van der Waals surface area contributed by atoms with Gasteiger partial charge in [0.2, 0.25) is 0 Å². The lowest BCUT2D eigenvalue weighted by Gasteiger charge is -2.64. The maximum Gasteiger partial charge on any atom is 0.331 e. The molecule has 3 N–H and O–H groups in total. The van der Waals surface area contributed by atoms with E-state index in [1.807, 2.05) is 6.92 Å². The van der Waals surface area contributed by atoms with Crippen molar-refractivity contribution in [3.05, 3.63) is 11.6 Å². The van der Waals surface area contributed by atoms with Crippen LogP contribution in [0.25, 0.3) is 0 Å². The molecule has 0 radical (unpaired) electrons. The van der Waals surface area contributed by atoms with Crippen molar-refractivity contribution >= 4 is 5.97 Å². The molecule has 4 unspecified atom stereocenters. The molecule has 0 spiro atoms. The van der Waals surface area contributed by atoms with Crippen LogP contribution >= 0.6 is 0 Å². The predicted molar refractivity (Wildman–Crippen MR) is 132 cm³/mol. The van der Waals surface area contributed by atoms with Crippen LogP contribution in [-0.2, 0) is 19.0 Å². The minimum absolute atomic E-state index is 0.0273. The summed E-state index contributed by atoms with van der Waals surface area (Å²) in [5.74, 6) is 1.20. The number of hydrogen-bond donors (Lipinski definition) is 3. The predicted octanol–water partition coefficient (Wildman–Crippen LogP) is 3.34. The minimum Gasteiger partial charge on any atom is -0.458 e. The van der Waals surface area contributed by atoms with Crippen LogP contribution in [0.2, 0.25) is 0 Å². The summed E-state index contributed by atoms with van der Waals surface area (Å²) >= 11 is 0. The first-order valence-corrected chi connectivity index (χ1v) is 14.3. The number of ether oxygens (including phenoxy) is 3. The Hall–Kier alpha value is -0.990. The number of carbonyl (C=O) groups excluding carboxylic acids is 1. The first-order valence-electron chi connectivity index (χ1n) is 14.3. The molecular formula is C29H44O7. The fourth-order valence-electron chi connectivity index (χ4n) is 9.74. The SMILES string of the molecule is C[C@H]1CO[C@H](O[C@H]2CC[C@@]3(C)C(CCC4C3CC[C@]3(C)[C@@H](C5=CC(=O)OC5)CC[C@]43O)C2)C(O)[C@H]1O. The van der Waals surface area contributed by atoms with Gasteiger partial charge in [-0.05, 0) is 92.4 Å². The molecule has 0 aromatic heterocycles. The van der Waals surface area contributed by atoms with E-state index < -0.39 is 24.1 Å². The average Bonchev–Trinajstić information content (AvgIpc) is 3.39. The van der Waals surface area contributed by atoms with Crippen molar-refractivity contribution in [2.45, 2.75) is 109 Å². The van der Waals surface area contributed by atoms with Crippen molar-refractivity contribution in [3.63, 3.8) is 0 Å². The second-order valence-electron chi connectivity index (χ2n) is 13.5. The van der Waals surface area contributed by atoms with Crippen LogP contribution in [0.5, 0.6) is 0 Å². The summed E-state index contributed by atoms with van der Waals surface area (Å²) in [5, 5.41) is 33.1. The molecule has 12 atom stereocenters. The lowest BCUT2D eigenvalue weighted by Crippen LogP contribution is -2.62. The number of esters is 1. The third kappa shape index (κ3) is 3.59. The molecule has 0 amide bonds. The van der Waals surface area contributed by atoms with Crippen LogP contribution in [0, 0.1) is 40.4 Å². The molecule has 2 heterocycles. The highest BCUT2D eigenvalue weighted by Crippen LogP contribution is 2.70. The Morgan fingerprint density at radius 2 is 1.81 bits per heavy atom. The van der Waals surface area contributed by atoms with Crippen LogP contribution in [0.1, 0.15) is 78.6 Å². The largest absolute Gasteiger partial charge is 0.458 e. The zero-order chi connectivity index (χ0) is 25.5. The van der Waals surface area contributed by atoms with Gasteiger partial charge in [0.15, 0.2) is 6.29 Å². The first kappa shape index (κ1) is 25.3. The van der Waals surface area contributed by atoms with E-state index in [-0.39, 0.29) is 34.7 Å². The summed E-state index contributed by atoms with van der Waals surface area (Å²) < 4.78 is 17.3. The number of fused-ring (bicyclic) bond motifs is 5. The highest BCUT2D eigenvalue weighted by Gasteiger charge is 2.67. The minimum atomic E-state index is -1.01. The number of rotatable bonds is 3. The molecular weight excluding hydrogens is 460 g/mol. The van der Waals surface area contributed by atoms with Crippen LogP contribution < -0.4 is 0 Å². The zero-order valence-electron chi connectivity index (χ0n) is 22.0. The van der Waals surface area contributed by atoms with Gasteiger partial charge < -0.3 is 29.5 Å². The number of hydrogen-bond acceptors (Lipinski definition) is 7. The van der Waals surface area contributed by atoms with Gasteiger partial charge in [-0.2, -0.15) is 0 Å². The summed E-state index contributed by atoms with van der Waals surface area (Å²) in [6.07, 6.45) is 8.01. The van der Waals surface area contributed by atoms with E-state index in [0.717, 1.165) is 63.4 Å². The molecule has 6 rings (SSSR count). The normalized spacial score (nSPS) is 54.8. The first-order chi connectivity index (χ1) is 17.1. The van der Waals surface area contributed by atoms with Crippen LogP contribution in [0.3, 0.4) is 0 Å². The second kappa shape index (κ2) is 8.77. The van der Waals surface area contributed by atoms with Crippen molar-refractivity contribution < 1.29 is 34.3 Å². The number of cyclic esters (lactones) is 1. The molecule has 7 nitrogen and oxygen atoms in total.